The first-order chi connectivity index (χ1) is 4.97. The van der Waals surface area contributed by atoms with Gasteiger partial charge in [-0.25, -0.2) is 0 Å². The summed E-state index contributed by atoms with van der Waals surface area (Å²) in [5, 5.41) is 3.29. The maximum atomic E-state index is 3.29. The predicted molar refractivity (Wildman–Crippen MR) is 41.4 cm³/mol. The third kappa shape index (κ3) is 0.810. The number of rotatable bonds is 0. The molecule has 0 atom stereocenters. The van der Waals surface area contributed by atoms with E-state index in [-0.39, 0.29) is 0 Å². The molecule has 1 aliphatic heterocycles. The van der Waals surface area contributed by atoms with Crippen LogP contribution >= 0.6 is 0 Å². The molecule has 1 N–H and O–H groups in total. The van der Waals surface area contributed by atoms with Gasteiger partial charge in [-0.3, -0.25) is 0 Å². The number of hydrogen-bond donors (Lipinski definition) is 1. The Labute approximate surface area is 60.4 Å². The molecule has 0 spiro atoms. The molecular weight excluding hydrogens is 122 g/mol. The molecule has 10 heavy (non-hydrogen) atoms. The van der Waals surface area contributed by atoms with Gasteiger partial charge in [0, 0.05) is 18.3 Å². The second kappa shape index (κ2) is 2.20. The minimum Gasteiger partial charge on any atom is -0.384 e. The lowest BCUT2D eigenvalue weighted by atomic mass is 10.2. The van der Waals surface area contributed by atoms with Crippen molar-refractivity contribution in [2.24, 2.45) is 0 Å². The zero-order valence-corrected chi connectivity index (χ0v) is 5.72. The normalized spacial score (nSPS) is 20.8. The molecule has 0 aromatic rings. The number of hydrogen-bond acceptors (Lipinski definition) is 1. The Hall–Kier alpha value is -1.20. The summed E-state index contributed by atoms with van der Waals surface area (Å²) in [6, 6.07) is 0. The third-order valence-electron chi connectivity index (χ3n) is 1.77. The second-order valence-electron chi connectivity index (χ2n) is 2.45. The lowest BCUT2D eigenvalue weighted by Crippen LogP contribution is -2.04. The Morgan fingerprint density at radius 1 is 1.50 bits per heavy atom. The van der Waals surface area contributed by atoms with Crippen molar-refractivity contribution in [1.29, 1.82) is 0 Å². The lowest BCUT2D eigenvalue weighted by molar-refractivity contribution is 0.889. The van der Waals surface area contributed by atoms with Crippen LogP contribution in [0.1, 0.15) is 6.42 Å². The summed E-state index contributed by atoms with van der Waals surface area (Å²) >= 11 is 0. The minimum absolute atomic E-state index is 1.08. The van der Waals surface area contributed by atoms with E-state index < -0.39 is 0 Å². The second-order valence-corrected chi connectivity index (χ2v) is 2.45. The van der Waals surface area contributed by atoms with Crippen LogP contribution in [0.5, 0.6) is 0 Å². The van der Waals surface area contributed by atoms with Crippen LogP contribution in [0.4, 0.5) is 0 Å². The van der Waals surface area contributed by atoms with Crippen LogP contribution in [0.25, 0.3) is 0 Å². The van der Waals surface area contributed by atoms with Gasteiger partial charge in [0.15, 0.2) is 0 Å². The molecule has 0 aromatic heterocycles. The molecule has 1 aliphatic carbocycles. The Kier molecular flexibility index (Phi) is 1.23. The van der Waals surface area contributed by atoms with Crippen LogP contribution in [-0.2, 0) is 0 Å². The smallest absolute Gasteiger partial charge is 0.0451 e. The summed E-state index contributed by atoms with van der Waals surface area (Å²) in [7, 11) is 0. The Bertz CT molecular complexity index is 262. The minimum atomic E-state index is 1.08. The van der Waals surface area contributed by atoms with Crippen molar-refractivity contribution in [2.45, 2.75) is 6.42 Å². The van der Waals surface area contributed by atoms with Crippen LogP contribution in [-0.4, -0.2) is 6.54 Å². The first-order valence-electron chi connectivity index (χ1n) is 3.53. The molecule has 0 fully saturated rings. The molecule has 0 aromatic carbocycles. The average molecular weight is 131 g/mol. The van der Waals surface area contributed by atoms with E-state index in [1.165, 1.54) is 11.3 Å². The van der Waals surface area contributed by atoms with Gasteiger partial charge in [-0.15, -0.1) is 5.73 Å². The first-order valence-corrected chi connectivity index (χ1v) is 3.53. The van der Waals surface area contributed by atoms with Crippen molar-refractivity contribution < 1.29 is 0 Å². The fourth-order valence-electron chi connectivity index (χ4n) is 1.25. The van der Waals surface area contributed by atoms with E-state index in [2.05, 4.69) is 17.1 Å². The van der Waals surface area contributed by atoms with Crippen molar-refractivity contribution in [1.82, 2.24) is 5.32 Å². The van der Waals surface area contributed by atoms with Crippen molar-refractivity contribution in [3.63, 3.8) is 0 Å². The van der Waals surface area contributed by atoms with Crippen LogP contribution in [0.15, 0.2) is 41.3 Å². The van der Waals surface area contributed by atoms with Crippen molar-refractivity contribution in [3.05, 3.63) is 41.3 Å². The van der Waals surface area contributed by atoms with Gasteiger partial charge >= 0.3 is 0 Å². The largest absolute Gasteiger partial charge is 0.384 e. The predicted octanol–water partition coefficient (Wildman–Crippen LogP) is 1.51. The van der Waals surface area contributed by atoms with E-state index in [1.807, 2.05) is 18.2 Å². The highest BCUT2D eigenvalue weighted by Gasteiger charge is 2.08. The summed E-state index contributed by atoms with van der Waals surface area (Å²) in [5.41, 5.74) is 5.71. The van der Waals surface area contributed by atoms with E-state index in [9.17, 15) is 0 Å². The highest BCUT2D eigenvalue weighted by atomic mass is 14.9. The molecule has 1 heteroatoms. The molecule has 0 bridgehead atoms. The summed E-state index contributed by atoms with van der Waals surface area (Å²) in [4.78, 5) is 0. The highest BCUT2D eigenvalue weighted by molar-refractivity contribution is 5.38. The summed E-state index contributed by atoms with van der Waals surface area (Å²) < 4.78 is 0. The molecule has 0 saturated heterocycles. The summed E-state index contributed by atoms with van der Waals surface area (Å²) in [5.74, 6) is 0. The highest BCUT2D eigenvalue weighted by Crippen LogP contribution is 2.16. The Balaban J connectivity index is 2.44. The Morgan fingerprint density at radius 2 is 2.50 bits per heavy atom. The van der Waals surface area contributed by atoms with Gasteiger partial charge in [0.25, 0.3) is 0 Å². The van der Waals surface area contributed by atoms with Gasteiger partial charge in [-0.05, 0) is 18.1 Å². The lowest BCUT2D eigenvalue weighted by Gasteiger charge is -1.93. The molecule has 0 radical (unpaired) electrons. The van der Waals surface area contributed by atoms with Crippen LogP contribution < -0.4 is 5.32 Å². The fourth-order valence-corrected chi connectivity index (χ4v) is 1.25. The summed E-state index contributed by atoms with van der Waals surface area (Å²) in [6.45, 7) is 1.08. The van der Waals surface area contributed by atoms with Crippen LogP contribution in [0, 0.1) is 0 Å². The molecule has 1 nitrogen and oxygen atoms in total. The van der Waals surface area contributed by atoms with Crippen molar-refractivity contribution >= 4 is 0 Å². The van der Waals surface area contributed by atoms with Gasteiger partial charge in [0.1, 0.15) is 0 Å². The van der Waals surface area contributed by atoms with Crippen molar-refractivity contribution in [3.8, 4) is 0 Å². The molecule has 1 heterocycles. The standard InChI is InChI=1S/C9H9N/c1-2-4-8-6-7-10-9(8)5-3-1/h1-2,4-5,10H,6-7H2. The SMILES string of the molecule is C1=CC=CC2=C(C=1)NCC2. The third-order valence-corrected chi connectivity index (χ3v) is 1.77. The molecule has 50 valence electrons. The zero-order valence-electron chi connectivity index (χ0n) is 5.72. The van der Waals surface area contributed by atoms with Gasteiger partial charge in [0.2, 0.25) is 0 Å². The van der Waals surface area contributed by atoms with E-state index in [1.54, 1.807) is 0 Å². The maximum Gasteiger partial charge on any atom is 0.0451 e. The monoisotopic (exact) mass is 131 g/mol. The van der Waals surface area contributed by atoms with Crippen molar-refractivity contribution in [2.75, 3.05) is 6.54 Å². The topological polar surface area (TPSA) is 12.0 Å². The average Bonchev–Trinajstić information content (AvgIpc) is 2.28. The number of nitrogens with one attached hydrogen (secondary N) is 1. The molecule has 2 rings (SSSR count). The molecule has 2 aliphatic rings. The van der Waals surface area contributed by atoms with Gasteiger partial charge in [0.05, 0.1) is 0 Å². The first kappa shape index (κ1) is 5.57. The van der Waals surface area contributed by atoms with Crippen LogP contribution in [0.3, 0.4) is 0 Å². The fraction of sp³-hybridized carbons (Fsp3) is 0.222. The van der Waals surface area contributed by atoms with Gasteiger partial charge in [-0.2, -0.15) is 0 Å². The van der Waals surface area contributed by atoms with Crippen LogP contribution in [0.2, 0.25) is 0 Å². The Morgan fingerprint density at radius 3 is 3.50 bits per heavy atom. The number of allylic oxidation sites excluding steroid dienone is 3. The molecular formula is C9H9N. The van der Waals surface area contributed by atoms with E-state index in [0.717, 1.165) is 13.0 Å². The van der Waals surface area contributed by atoms with E-state index >= 15 is 0 Å². The van der Waals surface area contributed by atoms with E-state index in [4.69, 9.17) is 0 Å². The van der Waals surface area contributed by atoms with Gasteiger partial charge in [-0.1, -0.05) is 12.2 Å². The summed E-state index contributed by atoms with van der Waals surface area (Å²) in [6.07, 6.45) is 9.26. The molecule has 0 amide bonds. The quantitative estimate of drug-likeness (QED) is 0.491. The molecule has 0 unspecified atom stereocenters. The van der Waals surface area contributed by atoms with E-state index in [0.29, 0.717) is 0 Å². The zero-order chi connectivity index (χ0) is 6.81. The molecule has 0 saturated carbocycles. The van der Waals surface area contributed by atoms with Gasteiger partial charge < -0.3 is 5.32 Å². The maximum absolute atomic E-state index is 3.29.